The van der Waals surface area contributed by atoms with Gasteiger partial charge in [-0.25, -0.2) is 9.07 Å². The number of carbonyl (C=O) groups excluding carboxylic acids is 1. The van der Waals surface area contributed by atoms with E-state index >= 15 is 0 Å². The van der Waals surface area contributed by atoms with Gasteiger partial charge in [0, 0.05) is 11.8 Å². The van der Waals surface area contributed by atoms with E-state index in [2.05, 4.69) is 5.10 Å². The van der Waals surface area contributed by atoms with Gasteiger partial charge >= 0.3 is 0 Å². The zero-order valence-electron chi connectivity index (χ0n) is 13.4. The van der Waals surface area contributed by atoms with Crippen LogP contribution in [0.2, 0.25) is 0 Å². The lowest BCUT2D eigenvalue weighted by molar-refractivity contribution is -0.113. The highest BCUT2D eigenvalue weighted by atomic mass is 32.2. The molecule has 0 spiro atoms. The van der Waals surface area contributed by atoms with E-state index in [4.69, 9.17) is 12.2 Å². The summed E-state index contributed by atoms with van der Waals surface area (Å²) in [7, 11) is 0. The number of para-hydroxylation sites is 1. The van der Waals surface area contributed by atoms with Crippen LogP contribution in [-0.4, -0.2) is 20.0 Å². The molecule has 26 heavy (non-hydrogen) atoms. The number of amides is 1. The Morgan fingerprint density at radius 2 is 1.77 bits per heavy atom. The van der Waals surface area contributed by atoms with E-state index in [9.17, 15) is 9.18 Å². The number of benzene rings is 2. The summed E-state index contributed by atoms with van der Waals surface area (Å²) in [4.78, 5) is 14.6. The maximum atomic E-state index is 13.1. The Hall–Kier alpha value is -2.77. The largest absolute Gasteiger partial charge is 0.270 e. The fraction of sp³-hybridized carbons (Fsp3) is 0. The summed E-state index contributed by atoms with van der Waals surface area (Å²) < 4.78 is 15.3. The number of anilines is 1. The first-order valence-electron chi connectivity index (χ1n) is 7.75. The lowest BCUT2D eigenvalue weighted by atomic mass is 10.2. The standard InChI is InChI=1S/C19H12FN3OS2/c20-14-6-8-16(9-7-14)23-18(24)17(26-19(23)25)10-13-11-21-22(12-13)15-4-2-1-3-5-15/h1-12H/b17-10+. The van der Waals surface area contributed by atoms with Gasteiger partial charge in [0.25, 0.3) is 5.91 Å². The maximum Gasteiger partial charge on any atom is 0.270 e. The van der Waals surface area contributed by atoms with Crippen LogP contribution in [0, 0.1) is 5.82 Å². The fourth-order valence-corrected chi connectivity index (χ4v) is 3.86. The molecule has 1 aliphatic rings. The Kier molecular flexibility index (Phi) is 4.40. The van der Waals surface area contributed by atoms with Gasteiger partial charge in [0.1, 0.15) is 5.82 Å². The molecule has 0 atom stereocenters. The molecule has 0 radical (unpaired) electrons. The summed E-state index contributed by atoms with van der Waals surface area (Å²) >= 11 is 6.54. The SMILES string of the molecule is O=C1/C(=C\c2cnn(-c3ccccc3)c2)SC(=S)N1c1ccc(F)cc1. The van der Waals surface area contributed by atoms with Crippen molar-refractivity contribution < 1.29 is 9.18 Å². The van der Waals surface area contributed by atoms with Gasteiger partial charge in [0.2, 0.25) is 0 Å². The maximum absolute atomic E-state index is 13.1. The number of halogens is 1. The van der Waals surface area contributed by atoms with Crippen molar-refractivity contribution in [2.24, 2.45) is 0 Å². The first-order chi connectivity index (χ1) is 12.6. The average molecular weight is 381 g/mol. The summed E-state index contributed by atoms with van der Waals surface area (Å²) in [6.45, 7) is 0. The Morgan fingerprint density at radius 1 is 1.04 bits per heavy atom. The molecule has 4 rings (SSSR count). The van der Waals surface area contributed by atoms with E-state index in [1.165, 1.54) is 40.9 Å². The number of carbonyl (C=O) groups is 1. The molecule has 2 aromatic carbocycles. The summed E-state index contributed by atoms with van der Waals surface area (Å²) in [6, 6.07) is 15.4. The van der Waals surface area contributed by atoms with Gasteiger partial charge in [0.05, 0.1) is 22.5 Å². The third-order valence-corrected chi connectivity index (χ3v) is 5.10. The highest BCUT2D eigenvalue weighted by Gasteiger charge is 2.33. The van der Waals surface area contributed by atoms with E-state index in [-0.39, 0.29) is 11.7 Å². The minimum atomic E-state index is -0.358. The second-order valence-electron chi connectivity index (χ2n) is 5.55. The molecular formula is C19H12FN3OS2. The van der Waals surface area contributed by atoms with Crippen LogP contribution in [-0.2, 0) is 4.79 Å². The number of aromatic nitrogens is 2. The first kappa shape index (κ1) is 16.7. The van der Waals surface area contributed by atoms with Crippen LogP contribution >= 0.6 is 24.0 Å². The predicted octanol–water partition coefficient (Wildman–Crippen LogP) is 4.42. The van der Waals surface area contributed by atoms with Crippen LogP contribution < -0.4 is 4.90 Å². The number of rotatable bonds is 3. The highest BCUT2D eigenvalue weighted by Crippen LogP contribution is 2.36. The normalized spacial score (nSPS) is 15.9. The van der Waals surface area contributed by atoms with E-state index in [1.807, 2.05) is 36.5 Å². The number of thioether (sulfide) groups is 1. The zero-order valence-corrected chi connectivity index (χ0v) is 15.0. The van der Waals surface area contributed by atoms with E-state index < -0.39 is 0 Å². The van der Waals surface area contributed by atoms with Gasteiger partial charge in [-0.3, -0.25) is 9.69 Å². The van der Waals surface area contributed by atoms with Crippen LogP contribution in [0.4, 0.5) is 10.1 Å². The van der Waals surface area contributed by atoms with Crippen molar-refractivity contribution >= 4 is 46.0 Å². The van der Waals surface area contributed by atoms with E-state index in [0.717, 1.165) is 11.3 Å². The van der Waals surface area contributed by atoms with Crippen LogP contribution in [0.5, 0.6) is 0 Å². The van der Waals surface area contributed by atoms with Crippen LogP contribution in [0.15, 0.2) is 71.9 Å². The molecular weight excluding hydrogens is 369 g/mol. The van der Waals surface area contributed by atoms with E-state index in [0.29, 0.717) is 14.9 Å². The molecule has 2 heterocycles. The molecule has 1 fully saturated rings. The molecule has 0 aliphatic carbocycles. The Morgan fingerprint density at radius 3 is 2.50 bits per heavy atom. The summed E-state index contributed by atoms with van der Waals surface area (Å²) in [5.41, 5.74) is 2.29. The van der Waals surface area contributed by atoms with Gasteiger partial charge in [-0.05, 0) is 42.5 Å². The Balaban J connectivity index is 1.61. The van der Waals surface area contributed by atoms with Crippen molar-refractivity contribution in [1.29, 1.82) is 0 Å². The molecule has 0 unspecified atom stereocenters. The van der Waals surface area contributed by atoms with Crippen molar-refractivity contribution in [2.75, 3.05) is 4.90 Å². The number of hydrogen-bond donors (Lipinski definition) is 0. The molecule has 0 saturated carbocycles. The van der Waals surface area contributed by atoms with Gasteiger partial charge in [0.15, 0.2) is 4.32 Å². The molecule has 1 aliphatic heterocycles. The minimum absolute atomic E-state index is 0.223. The molecule has 3 aromatic rings. The average Bonchev–Trinajstić information content (AvgIpc) is 3.22. The van der Waals surface area contributed by atoms with Crippen LogP contribution in [0.1, 0.15) is 5.56 Å². The van der Waals surface area contributed by atoms with Crippen LogP contribution in [0.25, 0.3) is 11.8 Å². The number of hydrogen-bond acceptors (Lipinski definition) is 4. The highest BCUT2D eigenvalue weighted by molar-refractivity contribution is 8.27. The lowest BCUT2D eigenvalue weighted by Gasteiger charge is -2.14. The summed E-state index contributed by atoms with van der Waals surface area (Å²) in [5.74, 6) is -0.581. The van der Waals surface area contributed by atoms with Crippen molar-refractivity contribution in [2.45, 2.75) is 0 Å². The Labute approximate surface area is 158 Å². The summed E-state index contributed by atoms with van der Waals surface area (Å²) in [6.07, 6.45) is 5.30. The van der Waals surface area contributed by atoms with Gasteiger partial charge in [-0.15, -0.1) is 0 Å². The molecule has 1 amide bonds. The molecule has 0 N–H and O–H groups in total. The first-order valence-corrected chi connectivity index (χ1v) is 8.98. The molecule has 128 valence electrons. The van der Waals surface area contributed by atoms with Crippen LogP contribution in [0.3, 0.4) is 0 Å². The monoisotopic (exact) mass is 381 g/mol. The smallest absolute Gasteiger partial charge is 0.268 e. The van der Waals surface area contributed by atoms with Gasteiger partial charge in [-0.1, -0.05) is 42.2 Å². The fourth-order valence-electron chi connectivity index (χ4n) is 2.57. The van der Waals surface area contributed by atoms with Crippen molar-refractivity contribution in [3.05, 3.63) is 83.3 Å². The number of nitrogens with zero attached hydrogens (tertiary/aromatic N) is 3. The molecule has 7 heteroatoms. The molecule has 0 bridgehead atoms. The molecule has 1 aromatic heterocycles. The Bertz CT molecular complexity index is 1010. The third kappa shape index (κ3) is 3.18. The summed E-state index contributed by atoms with van der Waals surface area (Å²) in [5, 5.41) is 4.32. The quantitative estimate of drug-likeness (QED) is 0.497. The van der Waals surface area contributed by atoms with Crippen molar-refractivity contribution in [3.63, 3.8) is 0 Å². The second kappa shape index (κ2) is 6.86. The van der Waals surface area contributed by atoms with Crippen molar-refractivity contribution in [1.82, 2.24) is 9.78 Å². The van der Waals surface area contributed by atoms with Crippen molar-refractivity contribution in [3.8, 4) is 5.69 Å². The van der Waals surface area contributed by atoms with E-state index in [1.54, 1.807) is 17.0 Å². The third-order valence-electron chi connectivity index (χ3n) is 3.80. The molecule has 4 nitrogen and oxygen atoms in total. The second-order valence-corrected chi connectivity index (χ2v) is 7.22. The predicted molar refractivity (Wildman–Crippen MR) is 106 cm³/mol. The lowest BCUT2D eigenvalue weighted by Crippen LogP contribution is -2.27. The topological polar surface area (TPSA) is 38.1 Å². The minimum Gasteiger partial charge on any atom is -0.268 e. The zero-order chi connectivity index (χ0) is 18.1. The van der Waals surface area contributed by atoms with Gasteiger partial charge < -0.3 is 0 Å². The van der Waals surface area contributed by atoms with Gasteiger partial charge in [-0.2, -0.15) is 5.10 Å². The molecule has 1 saturated heterocycles. The number of thiocarbonyl (C=S) groups is 1.